The van der Waals surface area contributed by atoms with Crippen LogP contribution in [0, 0.1) is 17.3 Å². The molecule has 0 aromatic carbocycles. The number of hydrogen-bond donors (Lipinski definition) is 3. The number of aliphatic carboxylic acids is 1. The van der Waals surface area contributed by atoms with Crippen LogP contribution in [0.3, 0.4) is 0 Å². The zero-order chi connectivity index (χ0) is 14.9. The molecule has 5 nitrogen and oxygen atoms in total. The average molecular weight is 282 g/mol. The second-order valence-corrected chi connectivity index (χ2v) is 6.84. The van der Waals surface area contributed by atoms with Gasteiger partial charge in [0.2, 0.25) is 5.91 Å². The van der Waals surface area contributed by atoms with Gasteiger partial charge in [0.25, 0.3) is 0 Å². The predicted molar refractivity (Wildman–Crippen MR) is 76.3 cm³/mol. The molecule has 1 saturated carbocycles. The van der Waals surface area contributed by atoms with E-state index in [4.69, 9.17) is 0 Å². The second-order valence-electron chi connectivity index (χ2n) is 6.84. The molecule has 20 heavy (non-hydrogen) atoms. The highest BCUT2D eigenvalue weighted by atomic mass is 16.4. The molecule has 2 aliphatic rings. The van der Waals surface area contributed by atoms with Gasteiger partial charge in [0.05, 0.1) is 12.0 Å². The number of carboxylic acids is 1. The standard InChI is InChI=1S/C15H26N2O3/c1-9-11(17-13(18)12-5-4-8-16-12)7-6-10(14(19)20)15(9,2)3/h9-12,16H,4-8H2,1-3H3,(H,17,18)(H,19,20). The molecule has 0 aromatic rings. The number of carbonyl (C=O) groups is 2. The minimum absolute atomic E-state index is 0.0671. The second kappa shape index (κ2) is 5.72. The Labute approximate surface area is 120 Å². The molecular formula is C15H26N2O3. The SMILES string of the molecule is CC1C(NC(=O)C2CCCN2)CCC(C(=O)O)C1(C)C. The molecule has 114 valence electrons. The smallest absolute Gasteiger partial charge is 0.307 e. The van der Waals surface area contributed by atoms with Gasteiger partial charge in [-0.25, -0.2) is 0 Å². The molecule has 5 heteroatoms. The van der Waals surface area contributed by atoms with Gasteiger partial charge >= 0.3 is 5.97 Å². The molecule has 2 rings (SSSR count). The Morgan fingerprint density at radius 3 is 2.50 bits per heavy atom. The molecule has 1 aliphatic heterocycles. The van der Waals surface area contributed by atoms with Gasteiger partial charge in [0.15, 0.2) is 0 Å². The summed E-state index contributed by atoms with van der Waals surface area (Å²) in [4.78, 5) is 23.6. The van der Waals surface area contributed by atoms with Crippen molar-refractivity contribution < 1.29 is 14.7 Å². The van der Waals surface area contributed by atoms with Crippen LogP contribution in [0.5, 0.6) is 0 Å². The topological polar surface area (TPSA) is 78.4 Å². The molecule has 1 amide bonds. The quantitative estimate of drug-likeness (QED) is 0.731. The monoisotopic (exact) mass is 282 g/mol. The van der Waals surface area contributed by atoms with E-state index in [9.17, 15) is 14.7 Å². The zero-order valence-corrected chi connectivity index (χ0v) is 12.6. The van der Waals surface area contributed by atoms with Gasteiger partial charge in [-0.15, -0.1) is 0 Å². The van der Waals surface area contributed by atoms with E-state index in [0.717, 1.165) is 25.8 Å². The molecular weight excluding hydrogens is 256 g/mol. The van der Waals surface area contributed by atoms with Crippen LogP contribution in [0.2, 0.25) is 0 Å². The Kier molecular flexibility index (Phi) is 4.37. The van der Waals surface area contributed by atoms with Crippen LogP contribution in [-0.2, 0) is 9.59 Å². The van der Waals surface area contributed by atoms with Crippen molar-refractivity contribution in [1.29, 1.82) is 0 Å². The van der Waals surface area contributed by atoms with Gasteiger partial charge in [0.1, 0.15) is 0 Å². The zero-order valence-electron chi connectivity index (χ0n) is 12.6. The molecule has 1 aliphatic carbocycles. The van der Waals surface area contributed by atoms with E-state index in [0.29, 0.717) is 6.42 Å². The van der Waals surface area contributed by atoms with Crippen LogP contribution in [0.25, 0.3) is 0 Å². The summed E-state index contributed by atoms with van der Waals surface area (Å²) in [5, 5.41) is 15.7. The molecule has 4 unspecified atom stereocenters. The van der Waals surface area contributed by atoms with E-state index in [1.807, 2.05) is 13.8 Å². The molecule has 4 atom stereocenters. The van der Waals surface area contributed by atoms with Crippen LogP contribution in [0.4, 0.5) is 0 Å². The van der Waals surface area contributed by atoms with E-state index in [2.05, 4.69) is 17.6 Å². The molecule has 0 spiro atoms. The highest BCUT2D eigenvalue weighted by molar-refractivity contribution is 5.82. The minimum atomic E-state index is -0.718. The first-order valence-corrected chi connectivity index (χ1v) is 7.60. The van der Waals surface area contributed by atoms with Crippen LogP contribution < -0.4 is 10.6 Å². The summed E-state index contributed by atoms with van der Waals surface area (Å²) in [6.07, 6.45) is 3.33. The van der Waals surface area contributed by atoms with Gasteiger partial charge in [-0.3, -0.25) is 9.59 Å². The first-order chi connectivity index (χ1) is 9.34. The van der Waals surface area contributed by atoms with Gasteiger partial charge in [-0.2, -0.15) is 0 Å². The van der Waals surface area contributed by atoms with Crippen LogP contribution in [-0.4, -0.2) is 35.6 Å². The third-order valence-electron chi connectivity index (χ3n) is 5.44. The lowest BCUT2D eigenvalue weighted by Crippen LogP contribution is -2.54. The number of rotatable bonds is 3. The van der Waals surface area contributed by atoms with Crippen molar-refractivity contribution in [3.05, 3.63) is 0 Å². The average Bonchev–Trinajstić information content (AvgIpc) is 2.88. The van der Waals surface area contributed by atoms with E-state index < -0.39 is 5.97 Å². The van der Waals surface area contributed by atoms with Crippen molar-refractivity contribution in [2.45, 2.75) is 58.5 Å². The fourth-order valence-electron chi connectivity index (χ4n) is 3.63. The number of carboxylic acid groups (broad SMARTS) is 1. The minimum Gasteiger partial charge on any atom is -0.481 e. The van der Waals surface area contributed by atoms with Crippen molar-refractivity contribution in [1.82, 2.24) is 10.6 Å². The Hall–Kier alpha value is -1.10. The normalized spacial score (nSPS) is 36.5. The van der Waals surface area contributed by atoms with E-state index >= 15 is 0 Å². The van der Waals surface area contributed by atoms with E-state index in [1.165, 1.54) is 0 Å². The summed E-state index contributed by atoms with van der Waals surface area (Å²) in [7, 11) is 0. The van der Waals surface area contributed by atoms with Gasteiger partial charge < -0.3 is 15.7 Å². The molecule has 0 radical (unpaired) electrons. The van der Waals surface area contributed by atoms with Crippen molar-refractivity contribution in [2.75, 3.05) is 6.54 Å². The summed E-state index contributed by atoms with van der Waals surface area (Å²) in [5.41, 5.74) is -0.300. The van der Waals surface area contributed by atoms with Gasteiger partial charge in [0, 0.05) is 6.04 Å². The molecule has 1 heterocycles. The molecule has 2 fully saturated rings. The predicted octanol–water partition coefficient (Wildman–Crippen LogP) is 1.38. The fourth-order valence-corrected chi connectivity index (χ4v) is 3.63. The van der Waals surface area contributed by atoms with E-state index in [-0.39, 0.29) is 35.2 Å². The number of amides is 1. The number of nitrogens with one attached hydrogen (secondary N) is 2. The van der Waals surface area contributed by atoms with Gasteiger partial charge in [-0.1, -0.05) is 20.8 Å². The lowest BCUT2D eigenvalue weighted by atomic mass is 9.61. The molecule has 0 aromatic heterocycles. The highest BCUT2D eigenvalue weighted by Crippen LogP contribution is 2.45. The summed E-state index contributed by atoms with van der Waals surface area (Å²) in [6, 6.07) is 0.0120. The Balaban J connectivity index is 2.00. The van der Waals surface area contributed by atoms with Crippen molar-refractivity contribution in [3.8, 4) is 0 Å². The fraction of sp³-hybridized carbons (Fsp3) is 0.867. The summed E-state index contributed by atoms with van der Waals surface area (Å²) >= 11 is 0. The van der Waals surface area contributed by atoms with Gasteiger partial charge in [-0.05, 0) is 43.6 Å². The van der Waals surface area contributed by atoms with Crippen LogP contribution in [0.15, 0.2) is 0 Å². The van der Waals surface area contributed by atoms with Crippen LogP contribution in [0.1, 0.15) is 46.5 Å². The Morgan fingerprint density at radius 1 is 1.25 bits per heavy atom. The third-order valence-corrected chi connectivity index (χ3v) is 5.44. The van der Waals surface area contributed by atoms with Crippen molar-refractivity contribution in [2.24, 2.45) is 17.3 Å². The largest absolute Gasteiger partial charge is 0.481 e. The van der Waals surface area contributed by atoms with Crippen LogP contribution >= 0.6 is 0 Å². The summed E-state index contributed by atoms with van der Waals surface area (Å²) in [6.45, 7) is 6.97. The molecule has 0 bridgehead atoms. The third kappa shape index (κ3) is 2.82. The maximum atomic E-state index is 12.2. The summed E-state index contributed by atoms with van der Waals surface area (Å²) < 4.78 is 0. The lowest BCUT2D eigenvalue weighted by Gasteiger charge is -2.46. The number of carbonyl (C=O) groups excluding carboxylic acids is 1. The Bertz CT molecular complexity index is 389. The Morgan fingerprint density at radius 2 is 1.95 bits per heavy atom. The first-order valence-electron chi connectivity index (χ1n) is 7.60. The summed E-state index contributed by atoms with van der Waals surface area (Å²) in [5.74, 6) is -0.814. The molecule has 1 saturated heterocycles. The maximum Gasteiger partial charge on any atom is 0.307 e. The first kappa shape index (κ1) is 15.3. The number of hydrogen-bond acceptors (Lipinski definition) is 3. The van der Waals surface area contributed by atoms with E-state index in [1.54, 1.807) is 0 Å². The molecule has 3 N–H and O–H groups in total. The lowest BCUT2D eigenvalue weighted by molar-refractivity contribution is -0.150. The van der Waals surface area contributed by atoms with Crippen molar-refractivity contribution in [3.63, 3.8) is 0 Å². The van der Waals surface area contributed by atoms with Crippen molar-refractivity contribution >= 4 is 11.9 Å². The highest BCUT2D eigenvalue weighted by Gasteiger charge is 2.46. The maximum absolute atomic E-state index is 12.2.